The molecule has 6 N–H and O–H groups in total. The molecule has 5 nitrogen and oxygen atoms in total. The number of hydrogen-bond acceptors (Lipinski definition) is 4. The van der Waals surface area contributed by atoms with Gasteiger partial charge in [0, 0.05) is 5.56 Å². The average molecular weight is 273 g/mol. The van der Waals surface area contributed by atoms with Gasteiger partial charge in [-0.2, -0.15) is 5.10 Å². The van der Waals surface area contributed by atoms with Gasteiger partial charge in [0.15, 0.2) is 0 Å². The van der Waals surface area contributed by atoms with Gasteiger partial charge >= 0.3 is 0 Å². The Morgan fingerprint density at radius 1 is 1.25 bits per heavy atom. The van der Waals surface area contributed by atoms with E-state index in [4.69, 9.17) is 11.6 Å². The van der Waals surface area contributed by atoms with Gasteiger partial charge in [-0.25, -0.2) is 0 Å². The van der Waals surface area contributed by atoms with Crippen molar-refractivity contribution in [2.75, 3.05) is 5.73 Å². The van der Waals surface area contributed by atoms with Crippen molar-refractivity contribution in [2.45, 2.75) is 38.6 Å². The first-order chi connectivity index (χ1) is 9.41. The lowest BCUT2D eigenvalue weighted by Gasteiger charge is -2.20. The standard InChI is InChI=1S/C15H23N5/c1-15(2,3)11-6-4-10(5-7-11)8-13(19-17)12-9-18-20-14(12)16/h4-7,9,13,19H,8,17H2,1-3H3,(H3,16,18,20). The predicted octanol–water partition coefficient (Wildman–Crippen LogP) is 2.04. The number of rotatable bonds is 4. The third kappa shape index (κ3) is 3.18. The average Bonchev–Trinajstić information content (AvgIpc) is 2.82. The molecule has 0 aliphatic carbocycles. The lowest BCUT2D eigenvalue weighted by molar-refractivity contribution is 0.552. The maximum absolute atomic E-state index is 5.84. The number of nitrogens with two attached hydrogens (primary N) is 2. The van der Waals surface area contributed by atoms with E-state index >= 15 is 0 Å². The number of aromatic amines is 1. The Hall–Kier alpha value is -1.85. The Morgan fingerprint density at radius 2 is 1.90 bits per heavy atom. The van der Waals surface area contributed by atoms with Crippen LogP contribution in [-0.4, -0.2) is 10.2 Å². The molecule has 0 spiro atoms. The van der Waals surface area contributed by atoms with Gasteiger partial charge in [0.1, 0.15) is 5.82 Å². The molecule has 1 aromatic heterocycles. The van der Waals surface area contributed by atoms with Gasteiger partial charge in [-0.15, -0.1) is 0 Å². The first-order valence-electron chi connectivity index (χ1n) is 6.76. The molecule has 0 saturated carbocycles. The molecule has 20 heavy (non-hydrogen) atoms. The molecular formula is C15H23N5. The number of nitrogen functional groups attached to an aromatic ring is 1. The predicted molar refractivity (Wildman–Crippen MR) is 81.9 cm³/mol. The van der Waals surface area contributed by atoms with Crippen LogP contribution in [0.25, 0.3) is 0 Å². The molecule has 1 aromatic carbocycles. The summed E-state index contributed by atoms with van der Waals surface area (Å²) >= 11 is 0. The van der Waals surface area contributed by atoms with Crippen molar-refractivity contribution < 1.29 is 0 Å². The quantitative estimate of drug-likeness (QED) is 0.506. The molecule has 1 unspecified atom stereocenters. The van der Waals surface area contributed by atoms with Crippen molar-refractivity contribution in [1.82, 2.24) is 15.6 Å². The molecule has 0 saturated heterocycles. The maximum Gasteiger partial charge on any atom is 0.123 e. The minimum Gasteiger partial charge on any atom is -0.384 e. The van der Waals surface area contributed by atoms with E-state index in [2.05, 4.69) is 60.7 Å². The second-order valence-corrected chi connectivity index (χ2v) is 6.11. The van der Waals surface area contributed by atoms with Gasteiger partial charge < -0.3 is 5.73 Å². The van der Waals surface area contributed by atoms with Crippen molar-refractivity contribution >= 4 is 5.82 Å². The largest absolute Gasteiger partial charge is 0.384 e. The summed E-state index contributed by atoms with van der Waals surface area (Å²) in [6.07, 6.45) is 2.48. The summed E-state index contributed by atoms with van der Waals surface area (Å²) in [6, 6.07) is 8.57. The second-order valence-electron chi connectivity index (χ2n) is 6.11. The van der Waals surface area contributed by atoms with Crippen molar-refractivity contribution in [3.05, 3.63) is 47.2 Å². The number of anilines is 1. The summed E-state index contributed by atoms with van der Waals surface area (Å²) in [5.74, 6) is 6.19. The first-order valence-corrected chi connectivity index (χ1v) is 6.76. The lowest BCUT2D eigenvalue weighted by atomic mass is 9.86. The molecule has 108 valence electrons. The molecule has 0 amide bonds. The van der Waals surface area contributed by atoms with E-state index in [0.717, 1.165) is 12.0 Å². The summed E-state index contributed by atoms with van der Waals surface area (Å²) in [7, 11) is 0. The fourth-order valence-electron chi connectivity index (χ4n) is 2.22. The van der Waals surface area contributed by atoms with E-state index in [1.54, 1.807) is 6.20 Å². The van der Waals surface area contributed by atoms with Crippen LogP contribution in [0.15, 0.2) is 30.5 Å². The van der Waals surface area contributed by atoms with E-state index in [9.17, 15) is 0 Å². The molecule has 2 aromatic rings. The number of nitrogens with zero attached hydrogens (tertiary/aromatic N) is 1. The molecule has 5 heteroatoms. The SMILES string of the molecule is CC(C)(C)c1ccc(CC(NN)c2cn[nH]c2N)cc1. The van der Waals surface area contributed by atoms with Crippen LogP contribution in [0.3, 0.4) is 0 Å². The fraction of sp³-hybridized carbons (Fsp3) is 0.400. The highest BCUT2D eigenvalue weighted by Gasteiger charge is 2.16. The molecule has 2 rings (SSSR count). The van der Waals surface area contributed by atoms with E-state index in [0.29, 0.717) is 5.82 Å². The summed E-state index contributed by atoms with van der Waals surface area (Å²) in [5.41, 5.74) is 12.2. The van der Waals surface area contributed by atoms with Gasteiger partial charge in [-0.05, 0) is 23.0 Å². The highest BCUT2D eigenvalue weighted by molar-refractivity contribution is 5.40. The molecule has 1 atom stereocenters. The van der Waals surface area contributed by atoms with Crippen LogP contribution in [0.2, 0.25) is 0 Å². The van der Waals surface area contributed by atoms with Gasteiger partial charge in [0.25, 0.3) is 0 Å². The molecule has 0 aliphatic rings. The van der Waals surface area contributed by atoms with E-state index in [1.165, 1.54) is 11.1 Å². The van der Waals surface area contributed by atoms with Crippen LogP contribution >= 0.6 is 0 Å². The van der Waals surface area contributed by atoms with Crippen LogP contribution in [0.5, 0.6) is 0 Å². The summed E-state index contributed by atoms with van der Waals surface area (Å²) in [5, 5.41) is 6.66. The third-order valence-electron chi connectivity index (χ3n) is 3.54. The molecule has 0 bridgehead atoms. The van der Waals surface area contributed by atoms with E-state index < -0.39 is 0 Å². The maximum atomic E-state index is 5.84. The Labute approximate surface area is 119 Å². The molecule has 0 aliphatic heterocycles. The number of aromatic nitrogens is 2. The van der Waals surface area contributed by atoms with Crippen molar-refractivity contribution in [2.24, 2.45) is 5.84 Å². The minimum atomic E-state index is -0.0470. The van der Waals surface area contributed by atoms with Gasteiger partial charge in [0.05, 0.1) is 12.2 Å². The number of hydrazine groups is 1. The van der Waals surface area contributed by atoms with Crippen LogP contribution in [0.4, 0.5) is 5.82 Å². The molecular weight excluding hydrogens is 250 g/mol. The molecule has 0 radical (unpaired) electrons. The normalized spacial score (nSPS) is 13.4. The van der Waals surface area contributed by atoms with Gasteiger partial charge in [-0.3, -0.25) is 16.4 Å². The summed E-state index contributed by atoms with van der Waals surface area (Å²) in [6.45, 7) is 6.62. The number of nitrogens with one attached hydrogen (secondary N) is 2. The zero-order chi connectivity index (χ0) is 14.8. The lowest BCUT2D eigenvalue weighted by Crippen LogP contribution is -2.29. The Balaban J connectivity index is 2.15. The number of hydrogen-bond donors (Lipinski definition) is 4. The monoisotopic (exact) mass is 273 g/mol. The highest BCUT2D eigenvalue weighted by atomic mass is 15.2. The van der Waals surface area contributed by atoms with Crippen LogP contribution in [-0.2, 0) is 11.8 Å². The number of benzene rings is 1. The molecule has 1 heterocycles. The zero-order valence-electron chi connectivity index (χ0n) is 12.3. The summed E-state index contributed by atoms with van der Waals surface area (Å²) < 4.78 is 0. The van der Waals surface area contributed by atoms with Gasteiger partial charge in [0.2, 0.25) is 0 Å². The number of H-pyrrole nitrogens is 1. The van der Waals surface area contributed by atoms with Crippen LogP contribution in [0.1, 0.15) is 43.5 Å². The first kappa shape index (κ1) is 14.6. The van der Waals surface area contributed by atoms with Crippen LogP contribution in [0, 0.1) is 0 Å². The van der Waals surface area contributed by atoms with E-state index in [1.807, 2.05) is 0 Å². The van der Waals surface area contributed by atoms with Crippen molar-refractivity contribution in [3.63, 3.8) is 0 Å². The van der Waals surface area contributed by atoms with Crippen molar-refractivity contribution in [1.29, 1.82) is 0 Å². The highest BCUT2D eigenvalue weighted by Crippen LogP contribution is 2.25. The third-order valence-corrected chi connectivity index (χ3v) is 3.54. The smallest absolute Gasteiger partial charge is 0.123 e. The second kappa shape index (κ2) is 5.64. The fourth-order valence-corrected chi connectivity index (χ4v) is 2.22. The zero-order valence-corrected chi connectivity index (χ0v) is 12.3. The Morgan fingerprint density at radius 3 is 2.35 bits per heavy atom. The van der Waals surface area contributed by atoms with Crippen molar-refractivity contribution in [3.8, 4) is 0 Å². The Kier molecular flexibility index (Phi) is 4.11. The minimum absolute atomic E-state index is 0.0470. The Bertz CT molecular complexity index is 550. The van der Waals surface area contributed by atoms with E-state index in [-0.39, 0.29) is 11.5 Å². The molecule has 0 fully saturated rings. The van der Waals surface area contributed by atoms with Crippen LogP contribution < -0.4 is 17.0 Å². The summed E-state index contributed by atoms with van der Waals surface area (Å²) in [4.78, 5) is 0. The van der Waals surface area contributed by atoms with Gasteiger partial charge in [-0.1, -0.05) is 45.0 Å². The topological polar surface area (TPSA) is 92.7 Å².